The Morgan fingerprint density at radius 3 is 2.50 bits per heavy atom. The van der Waals surface area contributed by atoms with E-state index in [1.54, 1.807) is 0 Å². The number of hydrogen-bond acceptors (Lipinski definition) is 2. The van der Waals surface area contributed by atoms with Gasteiger partial charge in [-0.3, -0.25) is 0 Å². The molecule has 0 aliphatic carbocycles. The van der Waals surface area contributed by atoms with Crippen molar-refractivity contribution in [3.8, 4) is 0 Å². The van der Waals surface area contributed by atoms with E-state index >= 15 is 0 Å². The predicted octanol–water partition coefficient (Wildman–Crippen LogP) is 4.12. The molecular weight excluding hydrogens is 244 g/mol. The Hall–Kier alpha value is -0.730. The molecule has 102 valence electrons. The van der Waals surface area contributed by atoms with Crippen LogP contribution in [0.15, 0.2) is 24.3 Å². The lowest BCUT2D eigenvalue weighted by atomic mass is 10.0. The monoisotopic (exact) mass is 268 g/mol. The van der Waals surface area contributed by atoms with E-state index in [1.165, 1.54) is 6.42 Å². The molecule has 1 N–H and O–H groups in total. The van der Waals surface area contributed by atoms with E-state index in [0.717, 1.165) is 29.7 Å². The topological polar surface area (TPSA) is 15.3 Å². The highest BCUT2D eigenvalue weighted by Crippen LogP contribution is 2.20. The fraction of sp³-hybridized carbons (Fsp3) is 0.600. The Morgan fingerprint density at radius 2 is 1.89 bits per heavy atom. The molecule has 2 nitrogen and oxygen atoms in total. The van der Waals surface area contributed by atoms with Crippen LogP contribution >= 0.6 is 11.6 Å². The molecule has 0 radical (unpaired) electrons. The van der Waals surface area contributed by atoms with Crippen molar-refractivity contribution in [2.45, 2.75) is 33.2 Å². The van der Waals surface area contributed by atoms with Crippen LogP contribution in [0, 0.1) is 5.92 Å². The van der Waals surface area contributed by atoms with Gasteiger partial charge in [0.15, 0.2) is 0 Å². The summed E-state index contributed by atoms with van der Waals surface area (Å²) in [5.41, 5.74) is 1.02. The number of anilines is 1. The van der Waals surface area contributed by atoms with Gasteiger partial charge in [-0.2, -0.15) is 0 Å². The largest absolute Gasteiger partial charge is 0.383 e. The molecule has 0 spiro atoms. The number of nitrogens with zero attached hydrogens (tertiary/aromatic N) is 1. The summed E-state index contributed by atoms with van der Waals surface area (Å²) in [5, 5.41) is 4.17. The third kappa shape index (κ3) is 5.28. The van der Waals surface area contributed by atoms with Crippen LogP contribution < -0.4 is 5.32 Å². The van der Waals surface area contributed by atoms with Gasteiger partial charge in [0.2, 0.25) is 0 Å². The molecule has 0 bridgehead atoms. The van der Waals surface area contributed by atoms with E-state index < -0.39 is 0 Å². The lowest BCUT2D eigenvalue weighted by Gasteiger charge is -2.26. The van der Waals surface area contributed by atoms with E-state index in [2.05, 4.69) is 38.0 Å². The van der Waals surface area contributed by atoms with Gasteiger partial charge in [-0.1, -0.05) is 37.6 Å². The molecule has 1 rings (SSSR count). The molecule has 1 aromatic rings. The minimum absolute atomic E-state index is 0.623. The average Bonchev–Trinajstić information content (AvgIpc) is 2.30. The molecule has 0 aliphatic heterocycles. The van der Waals surface area contributed by atoms with Crippen molar-refractivity contribution in [2.75, 3.05) is 25.5 Å². The quantitative estimate of drug-likeness (QED) is 0.800. The third-order valence-corrected chi connectivity index (χ3v) is 3.55. The second kappa shape index (κ2) is 7.65. The summed E-state index contributed by atoms with van der Waals surface area (Å²) in [4.78, 5) is 2.39. The van der Waals surface area contributed by atoms with Crippen LogP contribution in [0.5, 0.6) is 0 Å². The molecule has 0 saturated carbocycles. The summed E-state index contributed by atoms with van der Waals surface area (Å²) in [5.74, 6) is 0.749. The van der Waals surface area contributed by atoms with Crippen LogP contribution in [0.1, 0.15) is 27.2 Å². The predicted molar refractivity (Wildman–Crippen MR) is 81.5 cm³/mol. The van der Waals surface area contributed by atoms with E-state index in [9.17, 15) is 0 Å². The van der Waals surface area contributed by atoms with E-state index in [1.807, 2.05) is 24.3 Å². The minimum atomic E-state index is 0.623. The van der Waals surface area contributed by atoms with Crippen molar-refractivity contribution in [1.29, 1.82) is 0 Å². The molecule has 3 heteroatoms. The summed E-state index contributed by atoms with van der Waals surface area (Å²) in [6.07, 6.45) is 1.24. The number of likely N-dealkylation sites (N-methyl/N-ethyl adjacent to an activating group) is 1. The Morgan fingerprint density at radius 1 is 1.22 bits per heavy atom. The molecule has 0 aliphatic rings. The fourth-order valence-corrected chi connectivity index (χ4v) is 2.26. The SMILES string of the molecule is CC(C)CC(C)N(C)CCNc1ccccc1Cl. The average molecular weight is 269 g/mol. The van der Waals surface area contributed by atoms with Crippen LogP contribution in [0.25, 0.3) is 0 Å². The van der Waals surface area contributed by atoms with Gasteiger partial charge < -0.3 is 10.2 Å². The molecule has 18 heavy (non-hydrogen) atoms. The molecule has 1 unspecified atom stereocenters. The molecule has 0 saturated heterocycles. The van der Waals surface area contributed by atoms with Gasteiger partial charge in [-0.25, -0.2) is 0 Å². The molecule has 0 fully saturated rings. The Kier molecular flexibility index (Phi) is 6.51. The second-order valence-electron chi connectivity index (χ2n) is 5.37. The van der Waals surface area contributed by atoms with Gasteiger partial charge in [0.25, 0.3) is 0 Å². The van der Waals surface area contributed by atoms with Gasteiger partial charge in [0, 0.05) is 19.1 Å². The Bertz CT molecular complexity index is 352. The number of para-hydroxylation sites is 1. The van der Waals surface area contributed by atoms with Gasteiger partial charge in [0.1, 0.15) is 0 Å². The maximum Gasteiger partial charge on any atom is 0.0637 e. The van der Waals surface area contributed by atoms with Crippen molar-refractivity contribution in [2.24, 2.45) is 5.92 Å². The molecule has 0 amide bonds. The number of hydrogen-bond donors (Lipinski definition) is 1. The van der Waals surface area contributed by atoms with Crippen molar-refractivity contribution < 1.29 is 0 Å². The maximum atomic E-state index is 6.09. The first kappa shape index (κ1) is 15.3. The van der Waals surface area contributed by atoms with Gasteiger partial charge in [-0.05, 0) is 38.4 Å². The van der Waals surface area contributed by atoms with Gasteiger partial charge >= 0.3 is 0 Å². The minimum Gasteiger partial charge on any atom is -0.383 e. The normalized spacial score (nSPS) is 13.1. The zero-order valence-corrected chi connectivity index (χ0v) is 12.7. The highest BCUT2D eigenvalue weighted by Gasteiger charge is 2.10. The summed E-state index contributed by atoms with van der Waals surface area (Å²) in [7, 11) is 2.18. The molecule has 1 atom stereocenters. The molecular formula is C15H25ClN2. The van der Waals surface area contributed by atoms with Crippen molar-refractivity contribution in [3.05, 3.63) is 29.3 Å². The maximum absolute atomic E-state index is 6.09. The number of nitrogens with one attached hydrogen (secondary N) is 1. The molecule has 1 aromatic carbocycles. The number of halogens is 1. The third-order valence-electron chi connectivity index (χ3n) is 3.22. The van der Waals surface area contributed by atoms with Crippen LogP contribution in [0.3, 0.4) is 0 Å². The van der Waals surface area contributed by atoms with Crippen LogP contribution in [0.4, 0.5) is 5.69 Å². The lowest BCUT2D eigenvalue weighted by Crippen LogP contribution is -2.34. The highest BCUT2D eigenvalue weighted by atomic mass is 35.5. The van der Waals surface area contributed by atoms with Crippen LogP contribution in [0.2, 0.25) is 5.02 Å². The van der Waals surface area contributed by atoms with Crippen molar-refractivity contribution in [3.63, 3.8) is 0 Å². The smallest absolute Gasteiger partial charge is 0.0637 e. The first-order valence-corrected chi connectivity index (χ1v) is 7.07. The summed E-state index contributed by atoms with van der Waals surface area (Å²) in [6.45, 7) is 8.77. The fourth-order valence-electron chi connectivity index (χ4n) is 2.05. The van der Waals surface area contributed by atoms with Crippen molar-refractivity contribution >= 4 is 17.3 Å². The van der Waals surface area contributed by atoms with Crippen LogP contribution in [-0.2, 0) is 0 Å². The van der Waals surface area contributed by atoms with E-state index in [-0.39, 0.29) is 0 Å². The second-order valence-corrected chi connectivity index (χ2v) is 5.77. The van der Waals surface area contributed by atoms with Crippen LogP contribution in [-0.4, -0.2) is 31.1 Å². The summed E-state index contributed by atoms with van der Waals surface area (Å²) < 4.78 is 0. The van der Waals surface area contributed by atoms with E-state index in [4.69, 9.17) is 11.6 Å². The molecule has 0 heterocycles. The summed E-state index contributed by atoms with van der Waals surface area (Å²) >= 11 is 6.09. The molecule has 0 aromatic heterocycles. The first-order valence-electron chi connectivity index (χ1n) is 6.69. The zero-order chi connectivity index (χ0) is 13.5. The Labute approximate surface area is 116 Å². The van der Waals surface area contributed by atoms with E-state index in [0.29, 0.717) is 6.04 Å². The van der Waals surface area contributed by atoms with Gasteiger partial charge in [-0.15, -0.1) is 0 Å². The highest BCUT2D eigenvalue weighted by molar-refractivity contribution is 6.33. The summed E-state index contributed by atoms with van der Waals surface area (Å²) in [6, 6.07) is 8.50. The van der Waals surface area contributed by atoms with Gasteiger partial charge in [0.05, 0.1) is 10.7 Å². The lowest BCUT2D eigenvalue weighted by molar-refractivity contribution is 0.236. The first-order chi connectivity index (χ1) is 8.50. The Balaban J connectivity index is 2.31. The van der Waals surface area contributed by atoms with Crippen molar-refractivity contribution in [1.82, 2.24) is 4.90 Å². The number of rotatable bonds is 7. The zero-order valence-electron chi connectivity index (χ0n) is 11.9. The number of benzene rings is 1. The standard InChI is InChI=1S/C15H25ClN2/c1-12(2)11-13(3)18(4)10-9-17-15-8-6-5-7-14(15)16/h5-8,12-13,17H,9-11H2,1-4H3.